The van der Waals surface area contributed by atoms with Crippen molar-refractivity contribution in [3.05, 3.63) is 24.3 Å². The molecule has 26 heavy (non-hydrogen) atoms. The first kappa shape index (κ1) is 18.7. The number of nitrogens with zero attached hydrogens (tertiary/aromatic N) is 1. The molecule has 1 aromatic rings. The van der Waals surface area contributed by atoms with Gasteiger partial charge < -0.3 is 15.5 Å². The summed E-state index contributed by atoms with van der Waals surface area (Å²) in [6.45, 7) is 6.20. The Morgan fingerprint density at radius 3 is 2.00 bits per heavy atom. The molecule has 0 atom stereocenters. The van der Waals surface area contributed by atoms with E-state index in [0.717, 1.165) is 44.5 Å². The Morgan fingerprint density at radius 2 is 1.46 bits per heavy atom. The lowest BCUT2D eigenvalue weighted by molar-refractivity contribution is -0.128. The lowest BCUT2D eigenvalue weighted by Gasteiger charge is -2.27. The van der Waals surface area contributed by atoms with Gasteiger partial charge in [-0.3, -0.25) is 9.59 Å². The zero-order chi connectivity index (χ0) is 18.5. The average molecular weight is 357 g/mol. The summed E-state index contributed by atoms with van der Waals surface area (Å²) < 4.78 is 0. The van der Waals surface area contributed by atoms with Crippen molar-refractivity contribution < 1.29 is 9.59 Å². The second-order valence-electron chi connectivity index (χ2n) is 7.94. The number of nitrogens with one attached hydrogen (secondary N) is 2. The molecule has 1 aliphatic carbocycles. The highest BCUT2D eigenvalue weighted by Crippen LogP contribution is 2.30. The van der Waals surface area contributed by atoms with Crippen LogP contribution in [0.15, 0.2) is 24.3 Å². The monoisotopic (exact) mass is 357 g/mol. The molecule has 2 fully saturated rings. The average Bonchev–Trinajstić information content (AvgIpc) is 3.16. The minimum absolute atomic E-state index is 0.0105. The largest absolute Gasteiger partial charge is 0.372 e. The lowest BCUT2D eigenvalue weighted by atomic mass is 9.81. The molecule has 142 valence electrons. The van der Waals surface area contributed by atoms with Gasteiger partial charge >= 0.3 is 0 Å². The second-order valence-corrected chi connectivity index (χ2v) is 7.94. The van der Waals surface area contributed by atoms with E-state index in [4.69, 9.17) is 0 Å². The number of benzene rings is 1. The summed E-state index contributed by atoms with van der Waals surface area (Å²) in [7, 11) is 0. The van der Waals surface area contributed by atoms with E-state index < -0.39 is 0 Å². The third-order valence-corrected chi connectivity index (χ3v) is 5.51. The molecule has 1 saturated carbocycles. The quantitative estimate of drug-likeness (QED) is 0.847. The summed E-state index contributed by atoms with van der Waals surface area (Å²) in [5.41, 5.74) is 2.09. The number of carbonyl (C=O) groups is 2. The van der Waals surface area contributed by atoms with E-state index in [1.165, 1.54) is 18.5 Å². The van der Waals surface area contributed by atoms with E-state index in [1.807, 2.05) is 26.0 Å². The highest BCUT2D eigenvalue weighted by atomic mass is 16.2. The third kappa shape index (κ3) is 4.77. The molecular formula is C21H31N3O2. The summed E-state index contributed by atoms with van der Waals surface area (Å²) in [5.74, 6) is 0.288. The van der Waals surface area contributed by atoms with Gasteiger partial charge in [0, 0.05) is 42.3 Å². The van der Waals surface area contributed by atoms with Crippen molar-refractivity contribution in [2.45, 2.75) is 58.4 Å². The number of hydrogen-bond acceptors (Lipinski definition) is 3. The maximum Gasteiger partial charge on any atom is 0.227 e. The van der Waals surface area contributed by atoms with Crippen molar-refractivity contribution in [1.29, 1.82) is 0 Å². The molecule has 2 N–H and O–H groups in total. The van der Waals surface area contributed by atoms with Crippen LogP contribution in [0.4, 0.5) is 11.4 Å². The fraction of sp³-hybridized carbons (Fsp3) is 0.619. The van der Waals surface area contributed by atoms with E-state index in [-0.39, 0.29) is 29.7 Å². The molecule has 0 aromatic heterocycles. The topological polar surface area (TPSA) is 61.4 Å². The first-order chi connectivity index (χ1) is 12.5. The van der Waals surface area contributed by atoms with Gasteiger partial charge in [-0.15, -0.1) is 0 Å². The molecule has 1 aliphatic heterocycles. The van der Waals surface area contributed by atoms with E-state index in [9.17, 15) is 9.59 Å². The molecule has 0 radical (unpaired) electrons. The van der Waals surface area contributed by atoms with E-state index in [0.29, 0.717) is 0 Å². The van der Waals surface area contributed by atoms with Gasteiger partial charge in [0.05, 0.1) is 0 Å². The van der Waals surface area contributed by atoms with Crippen molar-refractivity contribution in [3.8, 4) is 0 Å². The van der Waals surface area contributed by atoms with Crippen LogP contribution < -0.4 is 15.5 Å². The maximum atomic E-state index is 12.5. The molecule has 0 bridgehead atoms. The number of hydrogen-bond donors (Lipinski definition) is 2. The van der Waals surface area contributed by atoms with Crippen molar-refractivity contribution in [3.63, 3.8) is 0 Å². The van der Waals surface area contributed by atoms with Gasteiger partial charge in [0.15, 0.2) is 0 Å². The van der Waals surface area contributed by atoms with Crippen LogP contribution in [0.3, 0.4) is 0 Å². The van der Waals surface area contributed by atoms with Gasteiger partial charge in [-0.05, 0) is 76.6 Å². The van der Waals surface area contributed by atoms with Crippen LogP contribution in [0, 0.1) is 11.8 Å². The zero-order valence-corrected chi connectivity index (χ0v) is 16.0. The number of amides is 2. The minimum atomic E-state index is 0.0105. The maximum absolute atomic E-state index is 12.5. The number of anilines is 2. The van der Waals surface area contributed by atoms with Crippen LogP contribution in [0.25, 0.3) is 0 Å². The van der Waals surface area contributed by atoms with Gasteiger partial charge in [0.2, 0.25) is 11.8 Å². The molecule has 1 heterocycles. The number of rotatable bonds is 5. The Labute approximate surface area is 156 Å². The molecule has 2 aliphatic rings. The Kier molecular flexibility index (Phi) is 6.17. The van der Waals surface area contributed by atoms with Gasteiger partial charge in [-0.1, -0.05) is 0 Å². The van der Waals surface area contributed by atoms with Crippen LogP contribution in [0.5, 0.6) is 0 Å². The fourth-order valence-electron chi connectivity index (χ4n) is 4.00. The summed E-state index contributed by atoms with van der Waals surface area (Å²) in [5, 5.41) is 6.03. The van der Waals surface area contributed by atoms with Crippen molar-refractivity contribution in [1.82, 2.24) is 5.32 Å². The van der Waals surface area contributed by atoms with E-state index in [1.54, 1.807) is 0 Å². The molecule has 5 nitrogen and oxygen atoms in total. The standard InChI is InChI=1S/C21H31N3O2/c1-15(2)22-20(25)16-5-7-17(8-6-16)21(26)23-18-9-11-19(12-10-18)24-13-3-4-14-24/h9-12,15-17H,3-8,13-14H2,1-2H3,(H,22,25)(H,23,26). The van der Waals surface area contributed by atoms with Crippen LogP contribution in [-0.4, -0.2) is 30.9 Å². The summed E-state index contributed by atoms with van der Waals surface area (Å²) in [4.78, 5) is 27.0. The summed E-state index contributed by atoms with van der Waals surface area (Å²) >= 11 is 0. The minimum Gasteiger partial charge on any atom is -0.372 e. The molecule has 2 amide bonds. The Balaban J connectivity index is 1.47. The van der Waals surface area contributed by atoms with Crippen molar-refractivity contribution in [2.24, 2.45) is 11.8 Å². The van der Waals surface area contributed by atoms with Crippen LogP contribution in [0.2, 0.25) is 0 Å². The first-order valence-electron chi connectivity index (χ1n) is 9.99. The van der Waals surface area contributed by atoms with Crippen molar-refractivity contribution >= 4 is 23.2 Å². The van der Waals surface area contributed by atoms with E-state index in [2.05, 4.69) is 27.7 Å². The fourth-order valence-corrected chi connectivity index (χ4v) is 4.00. The van der Waals surface area contributed by atoms with Crippen LogP contribution in [-0.2, 0) is 9.59 Å². The summed E-state index contributed by atoms with van der Waals surface area (Å²) in [6.07, 6.45) is 5.68. The van der Waals surface area contributed by atoms with E-state index >= 15 is 0 Å². The van der Waals surface area contributed by atoms with Crippen LogP contribution >= 0.6 is 0 Å². The molecule has 1 aromatic carbocycles. The highest BCUT2D eigenvalue weighted by Gasteiger charge is 2.30. The van der Waals surface area contributed by atoms with Gasteiger partial charge in [0.1, 0.15) is 0 Å². The zero-order valence-electron chi connectivity index (χ0n) is 16.0. The van der Waals surface area contributed by atoms with Crippen LogP contribution in [0.1, 0.15) is 52.4 Å². The van der Waals surface area contributed by atoms with Gasteiger partial charge in [0.25, 0.3) is 0 Å². The SMILES string of the molecule is CC(C)NC(=O)C1CCC(C(=O)Nc2ccc(N3CCCC3)cc2)CC1. The summed E-state index contributed by atoms with van der Waals surface area (Å²) in [6, 6.07) is 8.34. The normalized spacial score (nSPS) is 23.1. The smallest absolute Gasteiger partial charge is 0.227 e. The first-order valence-corrected chi connectivity index (χ1v) is 9.99. The molecule has 5 heteroatoms. The molecular weight excluding hydrogens is 326 g/mol. The predicted molar refractivity (Wildman–Crippen MR) is 105 cm³/mol. The number of carbonyl (C=O) groups excluding carboxylic acids is 2. The Bertz CT molecular complexity index is 613. The third-order valence-electron chi connectivity index (χ3n) is 5.51. The molecule has 0 spiro atoms. The lowest BCUT2D eigenvalue weighted by Crippen LogP contribution is -2.38. The van der Waals surface area contributed by atoms with Gasteiger partial charge in [-0.25, -0.2) is 0 Å². The Hall–Kier alpha value is -2.04. The predicted octanol–water partition coefficient (Wildman–Crippen LogP) is 3.56. The highest BCUT2D eigenvalue weighted by molar-refractivity contribution is 5.93. The molecule has 1 saturated heterocycles. The Morgan fingerprint density at radius 1 is 0.923 bits per heavy atom. The van der Waals surface area contributed by atoms with Crippen molar-refractivity contribution in [2.75, 3.05) is 23.3 Å². The molecule has 0 unspecified atom stereocenters. The molecule has 3 rings (SSSR count). The second kappa shape index (κ2) is 8.56. The van der Waals surface area contributed by atoms with Gasteiger partial charge in [-0.2, -0.15) is 0 Å².